The lowest BCUT2D eigenvalue weighted by Crippen LogP contribution is -2.50. The van der Waals surface area contributed by atoms with Gasteiger partial charge in [-0.3, -0.25) is 4.90 Å². The first-order valence-electron chi connectivity index (χ1n) is 6.43. The summed E-state index contributed by atoms with van der Waals surface area (Å²) in [6.45, 7) is 13.7. The predicted molar refractivity (Wildman–Crippen MR) is 69.4 cm³/mol. The molecule has 1 atom stereocenters. The summed E-state index contributed by atoms with van der Waals surface area (Å²) in [7, 11) is 2.26. The highest BCUT2D eigenvalue weighted by Crippen LogP contribution is 2.20. The van der Waals surface area contributed by atoms with E-state index in [0.717, 1.165) is 13.1 Å². The van der Waals surface area contributed by atoms with Gasteiger partial charge in [-0.15, -0.1) is 0 Å². The number of hydrogen-bond donors (Lipinski definition) is 1. The quantitative estimate of drug-likeness (QED) is 0.625. The fourth-order valence-electron chi connectivity index (χ4n) is 1.74. The molecule has 0 bridgehead atoms. The van der Waals surface area contributed by atoms with E-state index in [1.807, 2.05) is 0 Å². The normalized spacial score (nSPS) is 14.6. The topological polar surface area (TPSA) is 15.3 Å². The summed E-state index contributed by atoms with van der Waals surface area (Å²) in [6, 6.07) is 0.659. The molecule has 0 aromatic heterocycles. The molecule has 2 heteroatoms. The molecule has 0 heterocycles. The molecule has 15 heavy (non-hydrogen) atoms. The van der Waals surface area contributed by atoms with Crippen LogP contribution in [0.15, 0.2) is 0 Å². The minimum atomic E-state index is 0.314. The van der Waals surface area contributed by atoms with Gasteiger partial charge in [0.15, 0.2) is 0 Å². The van der Waals surface area contributed by atoms with Crippen LogP contribution >= 0.6 is 0 Å². The second kappa shape index (κ2) is 7.24. The van der Waals surface area contributed by atoms with Crippen molar-refractivity contribution in [2.24, 2.45) is 0 Å². The van der Waals surface area contributed by atoms with Crippen LogP contribution in [-0.2, 0) is 0 Å². The predicted octanol–water partition coefficient (Wildman–Crippen LogP) is 2.89. The monoisotopic (exact) mass is 214 g/mol. The molecule has 0 rings (SSSR count). The van der Waals surface area contributed by atoms with Crippen LogP contribution in [0, 0.1) is 0 Å². The first kappa shape index (κ1) is 14.9. The first-order chi connectivity index (χ1) is 6.99. The van der Waals surface area contributed by atoms with Crippen molar-refractivity contribution >= 4 is 0 Å². The zero-order valence-electron chi connectivity index (χ0n) is 11.6. The molecule has 0 fully saturated rings. The summed E-state index contributed by atoms with van der Waals surface area (Å²) in [4.78, 5) is 2.52. The standard InChI is InChI=1S/C13H30N2/c1-7-10-14-11-12(8-2)15(6)13(4,5)9-3/h12,14H,7-11H2,1-6H3. The molecule has 0 saturated heterocycles. The molecule has 1 N–H and O–H groups in total. The largest absolute Gasteiger partial charge is 0.315 e. The van der Waals surface area contributed by atoms with E-state index in [1.165, 1.54) is 19.3 Å². The van der Waals surface area contributed by atoms with Gasteiger partial charge in [-0.1, -0.05) is 20.8 Å². The summed E-state index contributed by atoms with van der Waals surface area (Å²) in [5.74, 6) is 0. The fourth-order valence-corrected chi connectivity index (χ4v) is 1.74. The molecule has 0 spiro atoms. The second-order valence-corrected chi connectivity index (χ2v) is 5.04. The van der Waals surface area contributed by atoms with Crippen LogP contribution < -0.4 is 5.32 Å². The molecule has 0 amide bonds. The van der Waals surface area contributed by atoms with Crippen LogP contribution in [-0.4, -0.2) is 36.6 Å². The van der Waals surface area contributed by atoms with Crippen LogP contribution in [0.2, 0.25) is 0 Å². The van der Waals surface area contributed by atoms with Gasteiger partial charge < -0.3 is 5.32 Å². The van der Waals surface area contributed by atoms with E-state index < -0.39 is 0 Å². The zero-order valence-corrected chi connectivity index (χ0v) is 11.6. The van der Waals surface area contributed by atoms with Crippen molar-refractivity contribution in [2.45, 2.75) is 65.5 Å². The Morgan fingerprint density at radius 2 is 1.80 bits per heavy atom. The molecular weight excluding hydrogens is 184 g/mol. The third kappa shape index (κ3) is 4.98. The Kier molecular flexibility index (Phi) is 7.20. The summed E-state index contributed by atoms with van der Waals surface area (Å²) in [6.07, 6.45) is 3.64. The SMILES string of the molecule is CCCNCC(CC)N(C)C(C)(C)CC. The van der Waals surface area contributed by atoms with Gasteiger partial charge in [0.2, 0.25) is 0 Å². The van der Waals surface area contributed by atoms with Crippen LogP contribution in [0.4, 0.5) is 0 Å². The molecule has 0 aliphatic carbocycles. The van der Waals surface area contributed by atoms with E-state index in [1.54, 1.807) is 0 Å². The summed E-state index contributed by atoms with van der Waals surface area (Å²) in [5.41, 5.74) is 0.314. The van der Waals surface area contributed by atoms with Gasteiger partial charge in [-0.25, -0.2) is 0 Å². The number of hydrogen-bond acceptors (Lipinski definition) is 2. The maximum Gasteiger partial charge on any atom is 0.0220 e. The highest BCUT2D eigenvalue weighted by atomic mass is 15.2. The van der Waals surface area contributed by atoms with Crippen LogP contribution in [0.25, 0.3) is 0 Å². The average Bonchev–Trinajstić information content (AvgIpc) is 2.23. The fraction of sp³-hybridized carbons (Fsp3) is 1.00. The maximum atomic E-state index is 3.52. The van der Waals surface area contributed by atoms with E-state index in [-0.39, 0.29) is 0 Å². The van der Waals surface area contributed by atoms with Crippen molar-refractivity contribution in [1.29, 1.82) is 0 Å². The van der Waals surface area contributed by atoms with E-state index in [9.17, 15) is 0 Å². The number of nitrogens with one attached hydrogen (secondary N) is 1. The second-order valence-electron chi connectivity index (χ2n) is 5.04. The lowest BCUT2D eigenvalue weighted by atomic mass is 9.97. The van der Waals surface area contributed by atoms with Crippen LogP contribution in [0.3, 0.4) is 0 Å². The Morgan fingerprint density at radius 1 is 1.20 bits per heavy atom. The Balaban J connectivity index is 4.15. The van der Waals surface area contributed by atoms with E-state index in [2.05, 4.69) is 51.9 Å². The van der Waals surface area contributed by atoms with Crippen LogP contribution in [0.5, 0.6) is 0 Å². The van der Waals surface area contributed by atoms with E-state index >= 15 is 0 Å². The Bertz CT molecular complexity index is 155. The van der Waals surface area contributed by atoms with Gasteiger partial charge in [-0.2, -0.15) is 0 Å². The number of rotatable bonds is 8. The molecular formula is C13H30N2. The van der Waals surface area contributed by atoms with Gasteiger partial charge in [0.1, 0.15) is 0 Å². The van der Waals surface area contributed by atoms with Crippen molar-refractivity contribution in [3.63, 3.8) is 0 Å². The van der Waals surface area contributed by atoms with Crippen molar-refractivity contribution in [3.05, 3.63) is 0 Å². The lowest BCUT2D eigenvalue weighted by Gasteiger charge is -2.40. The number of likely N-dealkylation sites (N-methyl/N-ethyl adjacent to an activating group) is 1. The zero-order chi connectivity index (χ0) is 11.9. The van der Waals surface area contributed by atoms with Gasteiger partial charge in [0.05, 0.1) is 0 Å². The van der Waals surface area contributed by atoms with E-state index in [4.69, 9.17) is 0 Å². The molecule has 0 aromatic rings. The summed E-state index contributed by atoms with van der Waals surface area (Å²) < 4.78 is 0. The molecule has 2 nitrogen and oxygen atoms in total. The molecule has 0 saturated carbocycles. The van der Waals surface area contributed by atoms with Crippen molar-refractivity contribution in [2.75, 3.05) is 20.1 Å². The average molecular weight is 214 g/mol. The summed E-state index contributed by atoms with van der Waals surface area (Å²) >= 11 is 0. The third-order valence-electron chi connectivity index (χ3n) is 3.65. The highest BCUT2D eigenvalue weighted by molar-refractivity contribution is 4.83. The molecule has 0 aliphatic rings. The van der Waals surface area contributed by atoms with Gasteiger partial charge >= 0.3 is 0 Å². The Labute approximate surface area is 96.4 Å². The highest BCUT2D eigenvalue weighted by Gasteiger charge is 2.26. The lowest BCUT2D eigenvalue weighted by molar-refractivity contribution is 0.0935. The molecule has 0 aliphatic heterocycles. The number of nitrogens with zero attached hydrogens (tertiary/aromatic N) is 1. The minimum Gasteiger partial charge on any atom is -0.315 e. The van der Waals surface area contributed by atoms with Crippen molar-refractivity contribution in [3.8, 4) is 0 Å². The van der Waals surface area contributed by atoms with Gasteiger partial charge in [0, 0.05) is 18.1 Å². The van der Waals surface area contributed by atoms with Crippen LogP contribution in [0.1, 0.15) is 53.9 Å². The third-order valence-corrected chi connectivity index (χ3v) is 3.65. The molecule has 92 valence electrons. The van der Waals surface area contributed by atoms with Crippen molar-refractivity contribution < 1.29 is 0 Å². The summed E-state index contributed by atoms with van der Waals surface area (Å²) in [5, 5.41) is 3.52. The minimum absolute atomic E-state index is 0.314. The Morgan fingerprint density at radius 3 is 2.20 bits per heavy atom. The molecule has 1 unspecified atom stereocenters. The van der Waals surface area contributed by atoms with Gasteiger partial charge in [0.25, 0.3) is 0 Å². The smallest absolute Gasteiger partial charge is 0.0220 e. The van der Waals surface area contributed by atoms with Crippen molar-refractivity contribution in [1.82, 2.24) is 10.2 Å². The Hall–Kier alpha value is -0.0800. The maximum absolute atomic E-state index is 3.52. The van der Waals surface area contributed by atoms with E-state index in [0.29, 0.717) is 11.6 Å². The molecule has 0 aromatic carbocycles. The molecule has 0 radical (unpaired) electrons. The van der Waals surface area contributed by atoms with Gasteiger partial charge in [-0.05, 0) is 46.7 Å². The first-order valence-corrected chi connectivity index (χ1v) is 6.43.